The first-order valence-electron chi connectivity index (χ1n) is 8.87. The Morgan fingerprint density at radius 3 is 2.17 bits per heavy atom. The number of nitrogens with one attached hydrogen (secondary N) is 2. The number of rotatable bonds is 6. The molecule has 0 aliphatic carbocycles. The van der Waals surface area contributed by atoms with Crippen molar-refractivity contribution >= 4 is 35.0 Å². The summed E-state index contributed by atoms with van der Waals surface area (Å²) in [6, 6.07) is 20.0. The number of hydrogen-bond donors (Lipinski definition) is 2. The maximum absolute atomic E-state index is 12.8. The van der Waals surface area contributed by atoms with Gasteiger partial charge in [0.05, 0.1) is 11.3 Å². The zero-order valence-electron chi connectivity index (χ0n) is 15.6. The van der Waals surface area contributed by atoms with Crippen LogP contribution in [0.1, 0.15) is 15.9 Å². The summed E-state index contributed by atoms with van der Waals surface area (Å²) in [6.45, 7) is 0. The lowest BCUT2D eigenvalue weighted by atomic mass is 10.1. The monoisotopic (exact) mass is 430 g/mol. The molecule has 2 N–H and O–H groups in total. The number of carbonyl (C=O) groups is 2. The van der Waals surface area contributed by atoms with Gasteiger partial charge < -0.3 is 10.6 Å². The molecule has 3 aromatic carbocycles. The van der Waals surface area contributed by atoms with Crippen molar-refractivity contribution in [3.05, 3.63) is 90.0 Å². The lowest BCUT2D eigenvalue weighted by Gasteiger charge is -2.11. The first kappa shape index (κ1) is 21.4. The molecule has 3 aromatic rings. The molecular formula is C22H17F3N2O2S. The second kappa shape index (κ2) is 9.49. The largest absolute Gasteiger partial charge is 0.416 e. The van der Waals surface area contributed by atoms with E-state index in [0.29, 0.717) is 5.69 Å². The molecular weight excluding hydrogens is 413 g/mol. The van der Waals surface area contributed by atoms with Crippen LogP contribution in [0.3, 0.4) is 0 Å². The molecule has 4 nitrogen and oxygen atoms in total. The van der Waals surface area contributed by atoms with Gasteiger partial charge in [0.2, 0.25) is 5.91 Å². The minimum atomic E-state index is -4.50. The van der Waals surface area contributed by atoms with Crippen LogP contribution in [-0.4, -0.2) is 17.6 Å². The van der Waals surface area contributed by atoms with Crippen molar-refractivity contribution in [3.8, 4) is 0 Å². The van der Waals surface area contributed by atoms with Crippen molar-refractivity contribution in [2.75, 3.05) is 16.4 Å². The Hall–Kier alpha value is -3.26. The number of thioether (sulfide) groups is 1. The number of hydrogen-bond acceptors (Lipinski definition) is 3. The third-order valence-electron chi connectivity index (χ3n) is 3.97. The Balaban J connectivity index is 1.62. The van der Waals surface area contributed by atoms with Crippen molar-refractivity contribution in [2.24, 2.45) is 0 Å². The molecule has 0 heterocycles. The summed E-state index contributed by atoms with van der Waals surface area (Å²) < 4.78 is 38.5. The average molecular weight is 430 g/mol. The lowest BCUT2D eigenvalue weighted by Crippen LogP contribution is -2.16. The van der Waals surface area contributed by atoms with Gasteiger partial charge >= 0.3 is 6.18 Å². The van der Waals surface area contributed by atoms with E-state index in [1.54, 1.807) is 12.1 Å². The molecule has 0 saturated heterocycles. The highest BCUT2D eigenvalue weighted by Gasteiger charge is 2.30. The second-order valence-corrected chi connectivity index (χ2v) is 7.31. The SMILES string of the molecule is O=C(CSc1ccccc1)Nc1cccc(C(=O)Nc2cccc(C(F)(F)F)c2)c1. The van der Waals surface area contributed by atoms with Gasteiger partial charge in [-0.25, -0.2) is 0 Å². The molecule has 0 atom stereocenters. The maximum atomic E-state index is 12.8. The minimum Gasteiger partial charge on any atom is -0.325 e. The van der Waals surface area contributed by atoms with Crippen LogP contribution in [0.2, 0.25) is 0 Å². The van der Waals surface area contributed by atoms with E-state index in [-0.39, 0.29) is 22.9 Å². The number of anilines is 2. The zero-order valence-corrected chi connectivity index (χ0v) is 16.4. The van der Waals surface area contributed by atoms with Crippen molar-refractivity contribution in [3.63, 3.8) is 0 Å². The van der Waals surface area contributed by atoms with Crippen molar-refractivity contribution in [2.45, 2.75) is 11.1 Å². The highest BCUT2D eigenvalue weighted by molar-refractivity contribution is 8.00. The van der Waals surface area contributed by atoms with Crippen molar-refractivity contribution in [1.82, 2.24) is 0 Å². The molecule has 0 bridgehead atoms. The Kier molecular flexibility index (Phi) is 6.79. The summed E-state index contributed by atoms with van der Waals surface area (Å²) in [7, 11) is 0. The third-order valence-corrected chi connectivity index (χ3v) is 4.98. The van der Waals surface area contributed by atoms with Crippen LogP contribution in [0, 0.1) is 0 Å². The minimum absolute atomic E-state index is 0.0310. The molecule has 8 heteroatoms. The summed E-state index contributed by atoms with van der Waals surface area (Å²) in [6.07, 6.45) is -4.50. The fourth-order valence-electron chi connectivity index (χ4n) is 2.58. The summed E-state index contributed by atoms with van der Waals surface area (Å²) in [5, 5.41) is 5.15. The number of carbonyl (C=O) groups excluding carboxylic acids is 2. The van der Waals surface area contributed by atoms with E-state index >= 15 is 0 Å². The molecule has 0 spiro atoms. The van der Waals surface area contributed by atoms with Gasteiger partial charge in [-0.15, -0.1) is 11.8 Å². The van der Waals surface area contributed by atoms with Gasteiger partial charge in [-0.1, -0.05) is 30.3 Å². The van der Waals surface area contributed by atoms with Crippen LogP contribution in [0.15, 0.2) is 83.8 Å². The Morgan fingerprint density at radius 2 is 1.47 bits per heavy atom. The van der Waals surface area contributed by atoms with Crippen LogP contribution in [0.25, 0.3) is 0 Å². The van der Waals surface area contributed by atoms with Crippen LogP contribution in [0.4, 0.5) is 24.5 Å². The maximum Gasteiger partial charge on any atom is 0.416 e. The van der Waals surface area contributed by atoms with E-state index in [4.69, 9.17) is 0 Å². The fourth-order valence-corrected chi connectivity index (χ4v) is 3.30. The first-order chi connectivity index (χ1) is 14.3. The summed E-state index contributed by atoms with van der Waals surface area (Å²) in [5.41, 5.74) is -0.188. The van der Waals surface area contributed by atoms with E-state index in [2.05, 4.69) is 10.6 Å². The normalized spacial score (nSPS) is 11.0. The highest BCUT2D eigenvalue weighted by atomic mass is 32.2. The Morgan fingerprint density at radius 1 is 0.800 bits per heavy atom. The molecule has 0 aliphatic heterocycles. The number of benzene rings is 3. The van der Waals surface area contributed by atoms with Gasteiger partial charge in [0.1, 0.15) is 0 Å². The van der Waals surface area contributed by atoms with E-state index in [0.717, 1.165) is 17.0 Å². The Bertz CT molecular complexity index is 1040. The molecule has 3 rings (SSSR count). The standard InChI is InChI=1S/C22H17F3N2O2S/c23-22(24,25)16-7-5-9-18(13-16)27-21(29)15-6-4-8-17(12-15)26-20(28)14-30-19-10-2-1-3-11-19/h1-13H,14H2,(H,26,28)(H,27,29). The zero-order chi connectivity index (χ0) is 21.6. The second-order valence-electron chi connectivity index (χ2n) is 6.26. The lowest BCUT2D eigenvalue weighted by molar-refractivity contribution is -0.137. The smallest absolute Gasteiger partial charge is 0.325 e. The van der Waals surface area contributed by atoms with Gasteiger partial charge in [-0.3, -0.25) is 9.59 Å². The molecule has 0 saturated carbocycles. The topological polar surface area (TPSA) is 58.2 Å². The summed E-state index contributed by atoms with van der Waals surface area (Å²) in [5.74, 6) is -0.617. The number of alkyl halides is 3. The van der Waals surface area contributed by atoms with Crippen LogP contribution in [-0.2, 0) is 11.0 Å². The fraction of sp³-hybridized carbons (Fsp3) is 0.0909. The van der Waals surface area contributed by atoms with Crippen LogP contribution in [0.5, 0.6) is 0 Å². The van der Waals surface area contributed by atoms with Gasteiger partial charge in [-0.2, -0.15) is 13.2 Å². The van der Waals surface area contributed by atoms with E-state index < -0.39 is 17.6 Å². The summed E-state index contributed by atoms with van der Waals surface area (Å²) >= 11 is 1.38. The van der Waals surface area contributed by atoms with Gasteiger partial charge in [-0.05, 0) is 48.5 Å². The van der Waals surface area contributed by atoms with E-state index in [9.17, 15) is 22.8 Å². The quantitative estimate of drug-likeness (QED) is 0.494. The number of amides is 2. The molecule has 0 aliphatic rings. The van der Waals surface area contributed by atoms with Gasteiger partial charge in [0.25, 0.3) is 5.91 Å². The third kappa shape index (κ3) is 6.12. The van der Waals surface area contributed by atoms with E-state index in [1.165, 1.54) is 36.0 Å². The van der Waals surface area contributed by atoms with Gasteiger partial charge in [0, 0.05) is 21.8 Å². The van der Waals surface area contributed by atoms with E-state index in [1.807, 2.05) is 30.3 Å². The molecule has 2 amide bonds. The predicted molar refractivity (Wildman–Crippen MR) is 112 cm³/mol. The Labute approximate surface area is 175 Å². The molecule has 0 fully saturated rings. The molecule has 0 unspecified atom stereocenters. The molecule has 154 valence electrons. The van der Waals surface area contributed by atoms with Crippen LogP contribution < -0.4 is 10.6 Å². The number of halogens is 3. The molecule has 0 aromatic heterocycles. The first-order valence-corrected chi connectivity index (χ1v) is 9.86. The highest BCUT2D eigenvalue weighted by Crippen LogP contribution is 2.30. The average Bonchev–Trinajstić information content (AvgIpc) is 2.73. The van der Waals surface area contributed by atoms with Gasteiger partial charge in [0.15, 0.2) is 0 Å². The van der Waals surface area contributed by atoms with Crippen LogP contribution >= 0.6 is 11.8 Å². The van der Waals surface area contributed by atoms with Crippen molar-refractivity contribution < 1.29 is 22.8 Å². The molecule has 30 heavy (non-hydrogen) atoms. The summed E-state index contributed by atoms with van der Waals surface area (Å²) in [4.78, 5) is 25.5. The predicted octanol–water partition coefficient (Wildman–Crippen LogP) is 5.69. The van der Waals surface area contributed by atoms with Crippen molar-refractivity contribution in [1.29, 1.82) is 0 Å². The molecule has 0 radical (unpaired) electrons.